The summed E-state index contributed by atoms with van der Waals surface area (Å²) in [7, 11) is 0.860. The molecule has 0 spiro atoms. The van der Waals surface area contributed by atoms with Crippen molar-refractivity contribution in [1.82, 2.24) is 4.98 Å². The van der Waals surface area contributed by atoms with E-state index in [2.05, 4.69) is 14.5 Å². The van der Waals surface area contributed by atoms with Crippen LogP contribution in [0.25, 0.3) is 0 Å². The number of aromatic nitrogens is 1. The Hall–Kier alpha value is -1.71. The van der Waals surface area contributed by atoms with Gasteiger partial charge in [0, 0.05) is 0 Å². The van der Waals surface area contributed by atoms with Gasteiger partial charge in [0.25, 0.3) is 5.88 Å². The highest BCUT2D eigenvalue weighted by Crippen LogP contribution is 2.38. The van der Waals surface area contributed by atoms with Crippen LogP contribution in [0.15, 0.2) is 6.07 Å². The van der Waals surface area contributed by atoms with E-state index in [1.54, 1.807) is 0 Å². The van der Waals surface area contributed by atoms with Crippen LogP contribution in [0, 0.1) is 0 Å². The standard InChI is InChI=1S/C9H7F6NO3/c1-18-6-2-4(8(10,11)12)5(3-17)16-7(6)19-9(13,14)15/h2,17H,3H2,1H3. The van der Waals surface area contributed by atoms with Crippen molar-refractivity contribution in [2.24, 2.45) is 0 Å². The van der Waals surface area contributed by atoms with E-state index in [9.17, 15) is 26.3 Å². The maximum Gasteiger partial charge on any atom is 0.574 e. The van der Waals surface area contributed by atoms with Crippen LogP contribution in [0.1, 0.15) is 11.3 Å². The lowest BCUT2D eigenvalue weighted by Gasteiger charge is -2.16. The first-order chi connectivity index (χ1) is 8.58. The zero-order valence-corrected chi connectivity index (χ0v) is 9.26. The average molecular weight is 291 g/mol. The zero-order chi connectivity index (χ0) is 14.8. The molecule has 1 aromatic heterocycles. The summed E-state index contributed by atoms with van der Waals surface area (Å²) in [5, 5.41) is 8.73. The van der Waals surface area contributed by atoms with Gasteiger partial charge in [-0.2, -0.15) is 13.2 Å². The highest BCUT2D eigenvalue weighted by atomic mass is 19.4. The van der Waals surface area contributed by atoms with Crippen molar-refractivity contribution < 1.29 is 40.9 Å². The van der Waals surface area contributed by atoms with Crippen LogP contribution in [0.3, 0.4) is 0 Å². The van der Waals surface area contributed by atoms with Crippen molar-refractivity contribution in [3.05, 3.63) is 17.3 Å². The molecule has 4 nitrogen and oxygen atoms in total. The lowest BCUT2D eigenvalue weighted by Crippen LogP contribution is -2.20. The molecule has 0 atom stereocenters. The second kappa shape index (κ2) is 5.11. The Morgan fingerprint density at radius 3 is 2.16 bits per heavy atom. The molecule has 10 heteroatoms. The van der Waals surface area contributed by atoms with E-state index in [4.69, 9.17) is 5.11 Å². The third-order valence-electron chi connectivity index (χ3n) is 1.92. The van der Waals surface area contributed by atoms with E-state index >= 15 is 0 Å². The number of hydrogen-bond acceptors (Lipinski definition) is 4. The fraction of sp³-hybridized carbons (Fsp3) is 0.444. The third-order valence-corrected chi connectivity index (χ3v) is 1.92. The summed E-state index contributed by atoms with van der Waals surface area (Å²) in [6, 6.07) is 0.277. The number of methoxy groups -OCH3 is 1. The molecule has 0 saturated carbocycles. The first-order valence-corrected chi connectivity index (χ1v) is 4.60. The summed E-state index contributed by atoms with van der Waals surface area (Å²) in [6.07, 6.45) is -10.0. The quantitative estimate of drug-likeness (QED) is 0.869. The summed E-state index contributed by atoms with van der Waals surface area (Å²) in [5.74, 6) is -2.05. The minimum atomic E-state index is -5.15. The molecule has 0 radical (unpaired) electrons. The van der Waals surface area contributed by atoms with Gasteiger partial charge in [0.05, 0.1) is 25.0 Å². The Morgan fingerprint density at radius 2 is 1.79 bits per heavy atom. The van der Waals surface area contributed by atoms with Gasteiger partial charge < -0.3 is 14.6 Å². The molecular formula is C9H7F6NO3. The first kappa shape index (κ1) is 15.3. The average Bonchev–Trinajstić information content (AvgIpc) is 2.24. The van der Waals surface area contributed by atoms with Crippen LogP contribution in [-0.2, 0) is 12.8 Å². The van der Waals surface area contributed by atoms with Crippen LogP contribution in [0.4, 0.5) is 26.3 Å². The normalized spacial score (nSPS) is 12.4. The maximum absolute atomic E-state index is 12.6. The molecule has 0 aromatic carbocycles. The van der Waals surface area contributed by atoms with Crippen LogP contribution in [-0.4, -0.2) is 23.6 Å². The van der Waals surface area contributed by atoms with Gasteiger partial charge in [0.2, 0.25) is 0 Å². The molecule has 1 aromatic rings. The van der Waals surface area contributed by atoms with E-state index in [-0.39, 0.29) is 6.07 Å². The number of aliphatic hydroxyl groups is 1. The monoisotopic (exact) mass is 291 g/mol. The van der Waals surface area contributed by atoms with E-state index in [1.807, 2.05) is 0 Å². The van der Waals surface area contributed by atoms with Crippen molar-refractivity contribution in [1.29, 1.82) is 0 Å². The number of ether oxygens (including phenoxy) is 2. The topological polar surface area (TPSA) is 51.6 Å². The first-order valence-electron chi connectivity index (χ1n) is 4.60. The van der Waals surface area contributed by atoms with Crippen LogP contribution < -0.4 is 9.47 Å². The molecule has 108 valence electrons. The highest BCUT2D eigenvalue weighted by molar-refractivity contribution is 5.41. The molecule has 0 amide bonds. The van der Waals surface area contributed by atoms with Crippen molar-refractivity contribution in [2.45, 2.75) is 19.1 Å². The molecule has 1 N–H and O–H groups in total. The molecule has 19 heavy (non-hydrogen) atoms. The summed E-state index contributed by atoms with van der Waals surface area (Å²) in [4.78, 5) is 2.98. The zero-order valence-electron chi connectivity index (χ0n) is 9.26. The molecular weight excluding hydrogens is 284 g/mol. The summed E-state index contributed by atoms with van der Waals surface area (Å²) in [6.45, 7) is -1.20. The Labute approximate surface area is 102 Å². The van der Waals surface area contributed by atoms with Gasteiger partial charge >= 0.3 is 12.5 Å². The molecule has 0 fully saturated rings. The van der Waals surface area contributed by atoms with Gasteiger partial charge in [-0.05, 0) is 6.07 Å². The Bertz CT molecular complexity index is 456. The minimum Gasteiger partial charge on any atom is -0.491 e. The molecule has 1 rings (SSSR count). The number of aliphatic hydroxyl groups excluding tert-OH is 1. The van der Waals surface area contributed by atoms with E-state index in [1.165, 1.54) is 0 Å². The van der Waals surface area contributed by atoms with Gasteiger partial charge in [-0.25, -0.2) is 4.98 Å². The smallest absolute Gasteiger partial charge is 0.491 e. The molecule has 0 bridgehead atoms. The minimum absolute atomic E-state index is 0.277. The summed E-state index contributed by atoms with van der Waals surface area (Å²) >= 11 is 0. The Balaban J connectivity index is 3.36. The summed E-state index contributed by atoms with van der Waals surface area (Å²) in [5.41, 5.74) is -2.39. The number of pyridine rings is 1. The number of hydrogen-bond donors (Lipinski definition) is 1. The van der Waals surface area contributed by atoms with Gasteiger partial charge in [-0.15, -0.1) is 13.2 Å². The van der Waals surface area contributed by atoms with Crippen LogP contribution in [0.2, 0.25) is 0 Å². The molecule has 0 unspecified atom stereocenters. The Kier molecular flexibility index (Phi) is 4.13. The summed E-state index contributed by atoms with van der Waals surface area (Å²) < 4.78 is 81.5. The number of alkyl halides is 6. The lowest BCUT2D eigenvalue weighted by molar-refractivity contribution is -0.276. The van der Waals surface area contributed by atoms with E-state index in [0.717, 1.165) is 7.11 Å². The molecule has 0 aliphatic carbocycles. The van der Waals surface area contributed by atoms with Gasteiger partial charge in [0.15, 0.2) is 5.75 Å². The Morgan fingerprint density at radius 1 is 1.21 bits per heavy atom. The van der Waals surface area contributed by atoms with E-state index < -0.39 is 42.0 Å². The van der Waals surface area contributed by atoms with Crippen molar-refractivity contribution in [3.63, 3.8) is 0 Å². The van der Waals surface area contributed by atoms with Crippen molar-refractivity contribution in [3.8, 4) is 11.6 Å². The largest absolute Gasteiger partial charge is 0.574 e. The van der Waals surface area contributed by atoms with Gasteiger partial charge in [-0.1, -0.05) is 0 Å². The fourth-order valence-electron chi connectivity index (χ4n) is 1.21. The van der Waals surface area contributed by atoms with Gasteiger partial charge in [0.1, 0.15) is 0 Å². The number of rotatable bonds is 3. The number of halogens is 6. The second-order valence-corrected chi connectivity index (χ2v) is 3.19. The molecule has 0 aliphatic rings. The van der Waals surface area contributed by atoms with E-state index in [0.29, 0.717) is 0 Å². The predicted octanol–water partition coefficient (Wildman–Crippen LogP) is 2.50. The predicted molar refractivity (Wildman–Crippen MR) is 48.4 cm³/mol. The van der Waals surface area contributed by atoms with Crippen LogP contribution >= 0.6 is 0 Å². The number of nitrogens with zero attached hydrogens (tertiary/aromatic N) is 1. The lowest BCUT2D eigenvalue weighted by atomic mass is 10.2. The SMILES string of the molecule is COc1cc(C(F)(F)F)c(CO)nc1OC(F)(F)F. The molecule has 1 heterocycles. The second-order valence-electron chi connectivity index (χ2n) is 3.19. The third kappa shape index (κ3) is 3.88. The molecule has 0 aliphatic heterocycles. The van der Waals surface area contributed by atoms with Crippen molar-refractivity contribution >= 4 is 0 Å². The fourth-order valence-corrected chi connectivity index (χ4v) is 1.21. The van der Waals surface area contributed by atoms with Crippen LogP contribution in [0.5, 0.6) is 11.6 Å². The van der Waals surface area contributed by atoms with Gasteiger partial charge in [-0.3, -0.25) is 0 Å². The highest BCUT2D eigenvalue weighted by Gasteiger charge is 2.38. The van der Waals surface area contributed by atoms with Crippen molar-refractivity contribution in [2.75, 3.05) is 7.11 Å². The molecule has 0 saturated heterocycles. The maximum atomic E-state index is 12.6.